The van der Waals surface area contributed by atoms with Crippen molar-refractivity contribution in [2.24, 2.45) is 0 Å². The highest BCUT2D eigenvalue weighted by Gasteiger charge is 2.59. The third-order valence-corrected chi connectivity index (χ3v) is 8.31. The second-order valence-corrected chi connectivity index (χ2v) is 9.38. The van der Waals surface area contributed by atoms with Gasteiger partial charge in [-0.05, 0) is 43.9 Å². The highest BCUT2D eigenvalue weighted by Crippen LogP contribution is 2.57. The van der Waals surface area contributed by atoms with E-state index in [0.717, 1.165) is 18.4 Å². The summed E-state index contributed by atoms with van der Waals surface area (Å²) in [7, 11) is -1.92. The average Bonchev–Trinajstić information content (AvgIpc) is 3.03. The van der Waals surface area contributed by atoms with Gasteiger partial charge in [-0.25, -0.2) is 8.42 Å². The minimum Gasteiger partial charge on any atom is -0.493 e. The van der Waals surface area contributed by atoms with E-state index in [-0.39, 0.29) is 6.10 Å². The van der Waals surface area contributed by atoms with Crippen LogP contribution in [-0.2, 0) is 15.3 Å². The first-order valence-electron chi connectivity index (χ1n) is 9.29. The highest BCUT2D eigenvalue weighted by molar-refractivity contribution is 7.92. The highest BCUT2D eigenvalue weighted by atomic mass is 32.2. The number of para-hydroxylation sites is 1. The molecule has 0 aromatic heterocycles. The third-order valence-electron chi connectivity index (χ3n) is 5.97. The lowest BCUT2D eigenvalue weighted by molar-refractivity contribution is 0.101. The van der Waals surface area contributed by atoms with Gasteiger partial charge in [-0.1, -0.05) is 36.4 Å². The molecular weight excluding hydrogens is 360 g/mol. The van der Waals surface area contributed by atoms with Crippen LogP contribution >= 0.6 is 0 Å². The van der Waals surface area contributed by atoms with E-state index in [1.165, 1.54) is 0 Å². The van der Waals surface area contributed by atoms with Crippen molar-refractivity contribution in [2.45, 2.75) is 47.3 Å². The summed E-state index contributed by atoms with van der Waals surface area (Å²) in [5.41, 5.74) is 0.286. The monoisotopic (exact) mass is 384 g/mol. The van der Waals surface area contributed by atoms with Gasteiger partial charge in [-0.3, -0.25) is 0 Å². The summed E-state index contributed by atoms with van der Waals surface area (Å²) in [6.07, 6.45) is 4.43. The molecule has 1 saturated carbocycles. The Bertz CT molecular complexity index is 952. The fraction of sp³-hybridized carbons (Fsp3) is 0.364. The van der Waals surface area contributed by atoms with Crippen LogP contribution in [0.3, 0.4) is 0 Å². The van der Waals surface area contributed by atoms with Gasteiger partial charge in [0.25, 0.3) is 0 Å². The summed E-state index contributed by atoms with van der Waals surface area (Å²) in [5.74, 6) is 1.34. The zero-order chi connectivity index (χ0) is 19.1. The van der Waals surface area contributed by atoms with Gasteiger partial charge >= 0.3 is 0 Å². The molecule has 2 aromatic rings. The van der Waals surface area contributed by atoms with Gasteiger partial charge in [0.2, 0.25) is 0 Å². The molecule has 3 atom stereocenters. The maximum Gasteiger partial charge on any atom is 0.182 e. The van der Waals surface area contributed by atoms with Crippen LogP contribution in [0.1, 0.15) is 31.2 Å². The maximum absolute atomic E-state index is 13.7. The van der Waals surface area contributed by atoms with Gasteiger partial charge in [0.05, 0.1) is 22.7 Å². The van der Waals surface area contributed by atoms with Gasteiger partial charge in [-0.15, -0.1) is 6.58 Å². The van der Waals surface area contributed by atoms with Gasteiger partial charge in [0.1, 0.15) is 6.10 Å². The number of methoxy groups -OCH3 is 1. The van der Waals surface area contributed by atoms with Crippen molar-refractivity contribution in [1.29, 1.82) is 0 Å². The van der Waals surface area contributed by atoms with E-state index < -0.39 is 20.5 Å². The van der Waals surface area contributed by atoms with Crippen LogP contribution in [-0.4, -0.2) is 26.9 Å². The van der Waals surface area contributed by atoms with Crippen molar-refractivity contribution in [2.75, 3.05) is 7.11 Å². The Kier molecular flexibility index (Phi) is 4.50. The van der Waals surface area contributed by atoms with Gasteiger partial charge in [-0.2, -0.15) is 0 Å². The van der Waals surface area contributed by atoms with Crippen LogP contribution in [0.4, 0.5) is 0 Å². The smallest absolute Gasteiger partial charge is 0.182 e. The average molecular weight is 384 g/mol. The van der Waals surface area contributed by atoms with Gasteiger partial charge in [0, 0.05) is 5.56 Å². The second-order valence-electron chi connectivity index (χ2n) is 7.25. The largest absolute Gasteiger partial charge is 0.493 e. The van der Waals surface area contributed by atoms with E-state index in [1.54, 1.807) is 31.4 Å². The summed E-state index contributed by atoms with van der Waals surface area (Å²) in [5, 5.41) is -0.558. The third kappa shape index (κ3) is 2.59. The number of sulfone groups is 1. The van der Waals surface area contributed by atoms with Crippen LogP contribution in [0.2, 0.25) is 0 Å². The first kappa shape index (κ1) is 18.1. The molecule has 0 amide bonds. The molecule has 0 saturated heterocycles. The van der Waals surface area contributed by atoms with Crippen molar-refractivity contribution >= 4 is 9.84 Å². The van der Waals surface area contributed by atoms with Crippen molar-refractivity contribution in [3.63, 3.8) is 0 Å². The van der Waals surface area contributed by atoms with Crippen LogP contribution < -0.4 is 9.47 Å². The van der Waals surface area contributed by atoms with E-state index in [1.807, 2.05) is 30.3 Å². The van der Waals surface area contributed by atoms with Crippen LogP contribution in [0.5, 0.6) is 11.5 Å². The Morgan fingerprint density at radius 2 is 1.96 bits per heavy atom. The fourth-order valence-electron chi connectivity index (χ4n) is 4.85. The molecule has 1 heterocycles. The Labute approximate surface area is 160 Å². The Hall–Kier alpha value is -2.27. The molecule has 4 rings (SSSR count). The van der Waals surface area contributed by atoms with Crippen molar-refractivity contribution in [3.05, 3.63) is 66.7 Å². The lowest BCUT2D eigenvalue weighted by Crippen LogP contribution is -2.53. The molecular formula is C22H24O4S. The van der Waals surface area contributed by atoms with E-state index >= 15 is 0 Å². The lowest BCUT2D eigenvalue weighted by atomic mass is 9.66. The summed E-state index contributed by atoms with van der Waals surface area (Å²) >= 11 is 0. The molecule has 5 heteroatoms. The van der Waals surface area contributed by atoms with E-state index in [0.29, 0.717) is 29.2 Å². The number of rotatable bonds is 5. The van der Waals surface area contributed by atoms with E-state index in [9.17, 15) is 8.42 Å². The molecule has 0 radical (unpaired) electrons. The summed E-state index contributed by atoms with van der Waals surface area (Å²) in [6, 6.07) is 14.5. The predicted octanol–water partition coefficient (Wildman–Crippen LogP) is 4.30. The fourth-order valence-corrected chi connectivity index (χ4v) is 7.12. The molecule has 1 aliphatic heterocycles. The molecule has 1 fully saturated rings. The molecule has 2 aromatic carbocycles. The number of hydrogen-bond donors (Lipinski definition) is 0. The van der Waals surface area contributed by atoms with Gasteiger partial charge in [0.15, 0.2) is 21.3 Å². The Morgan fingerprint density at radius 3 is 2.67 bits per heavy atom. The summed E-state index contributed by atoms with van der Waals surface area (Å²) in [6.45, 7) is 3.93. The first-order chi connectivity index (χ1) is 13.1. The molecule has 1 aliphatic carbocycles. The minimum absolute atomic E-state index is 0.195. The SMILES string of the molecule is C=CC[C@]12c3cccc(OC)c3O[C@H]1CCCC2S(=O)(=O)c1ccccc1. The maximum atomic E-state index is 13.7. The van der Waals surface area contributed by atoms with Crippen molar-refractivity contribution < 1.29 is 17.9 Å². The van der Waals surface area contributed by atoms with Crippen LogP contribution in [0.25, 0.3) is 0 Å². The number of fused-ring (bicyclic) bond motifs is 3. The second kappa shape index (κ2) is 6.71. The molecule has 27 heavy (non-hydrogen) atoms. The zero-order valence-corrected chi connectivity index (χ0v) is 16.2. The predicted molar refractivity (Wildman–Crippen MR) is 105 cm³/mol. The number of allylic oxidation sites excluding steroid dienone is 1. The number of hydrogen-bond acceptors (Lipinski definition) is 4. The zero-order valence-electron chi connectivity index (χ0n) is 15.4. The van der Waals surface area contributed by atoms with Crippen molar-refractivity contribution in [1.82, 2.24) is 0 Å². The number of ether oxygens (including phenoxy) is 2. The molecule has 0 spiro atoms. The van der Waals surface area contributed by atoms with Crippen molar-refractivity contribution in [3.8, 4) is 11.5 Å². The van der Waals surface area contributed by atoms with E-state index in [4.69, 9.17) is 9.47 Å². The first-order valence-corrected chi connectivity index (χ1v) is 10.8. The Balaban J connectivity index is 1.93. The summed E-state index contributed by atoms with van der Waals surface area (Å²) in [4.78, 5) is 0.371. The van der Waals surface area contributed by atoms with Crippen LogP contribution in [0, 0.1) is 0 Å². The van der Waals surface area contributed by atoms with Gasteiger partial charge < -0.3 is 9.47 Å². The molecule has 0 bridgehead atoms. The molecule has 2 aliphatic rings. The normalized spacial score (nSPS) is 26.6. The lowest BCUT2D eigenvalue weighted by Gasteiger charge is -2.43. The summed E-state index contributed by atoms with van der Waals surface area (Å²) < 4.78 is 39.1. The number of benzene rings is 2. The minimum atomic E-state index is -3.53. The Morgan fingerprint density at radius 1 is 1.19 bits per heavy atom. The standard InChI is InChI=1S/C22H24O4S/c1-3-15-22-17-11-7-12-18(25-2)21(17)26-19(22)13-8-14-20(22)27(23,24)16-9-5-4-6-10-16/h3-7,9-12,19-20H,1,8,13-15H2,2H3/t19-,20?,22-/m0/s1. The molecule has 0 N–H and O–H groups in total. The molecule has 1 unspecified atom stereocenters. The quantitative estimate of drug-likeness (QED) is 0.722. The van der Waals surface area contributed by atoms with Crippen LogP contribution in [0.15, 0.2) is 66.1 Å². The topological polar surface area (TPSA) is 52.6 Å². The molecule has 4 nitrogen and oxygen atoms in total. The molecule has 142 valence electrons. The van der Waals surface area contributed by atoms with E-state index in [2.05, 4.69) is 6.58 Å².